The zero-order valence-electron chi connectivity index (χ0n) is 13.9. The maximum Gasteiger partial charge on any atom is 0.416 e. The molecule has 136 valence electrons. The summed E-state index contributed by atoms with van der Waals surface area (Å²) in [6, 6.07) is 3.41. The number of hydrazine groups is 1. The Kier molecular flexibility index (Phi) is 4.24. The van der Waals surface area contributed by atoms with Crippen molar-refractivity contribution in [2.24, 2.45) is 5.92 Å². The predicted molar refractivity (Wildman–Crippen MR) is 84.6 cm³/mol. The number of nitrogens with one attached hydrogen (secondary N) is 2. The molecule has 9 heteroatoms. The van der Waals surface area contributed by atoms with Gasteiger partial charge in [0.15, 0.2) is 0 Å². The number of halogens is 3. The van der Waals surface area contributed by atoms with Crippen LogP contribution in [-0.2, 0) is 11.0 Å². The van der Waals surface area contributed by atoms with Gasteiger partial charge in [0.1, 0.15) is 5.54 Å². The van der Waals surface area contributed by atoms with Crippen LogP contribution in [0.3, 0.4) is 0 Å². The number of alkyl halides is 3. The number of hydrogen-bond acceptors (Lipinski definition) is 4. The van der Waals surface area contributed by atoms with Crippen molar-refractivity contribution in [2.45, 2.75) is 25.1 Å². The third kappa shape index (κ3) is 2.87. The first kappa shape index (κ1) is 17.7. The van der Waals surface area contributed by atoms with E-state index in [1.807, 2.05) is 6.92 Å². The fourth-order valence-corrected chi connectivity index (χ4v) is 3.50. The molecule has 0 radical (unpaired) electrons. The number of benzene rings is 1. The van der Waals surface area contributed by atoms with Crippen molar-refractivity contribution in [1.82, 2.24) is 15.8 Å². The monoisotopic (exact) mass is 356 g/mol. The van der Waals surface area contributed by atoms with E-state index in [1.165, 1.54) is 0 Å². The van der Waals surface area contributed by atoms with Crippen molar-refractivity contribution in [2.75, 3.05) is 25.0 Å². The third-order valence-electron chi connectivity index (χ3n) is 4.85. The summed E-state index contributed by atoms with van der Waals surface area (Å²) in [5.41, 5.74) is 1.36. The van der Waals surface area contributed by atoms with E-state index in [0.717, 1.165) is 29.2 Å². The number of amides is 3. The lowest BCUT2D eigenvalue weighted by Crippen LogP contribution is -2.67. The molecule has 1 aromatic carbocycles. The number of rotatable bonds is 2. The second-order valence-electron chi connectivity index (χ2n) is 6.41. The average molecular weight is 356 g/mol. The van der Waals surface area contributed by atoms with Gasteiger partial charge in [-0.3, -0.25) is 10.2 Å². The molecule has 2 N–H and O–H groups in total. The molecule has 2 unspecified atom stereocenters. The number of hydrogen-bond donors (Lipinski definition) is 2. The van der Waals surface area contributed by atoms with E-state index >= 15 is 0 Å². The molecular weight excluding hydrogens is 337 g/mol. The molecule has 2 aliphatic heterocycles. The van der Waals surface area contributed by atoms with Crippen LogP contribution in [0.15, 0.2) is 24.3 Å². The van der Waals surface area contributed by atoms with Gasteiger partial charge < -0.3 is 5.32 Å². The van der Waals surface area contributed by atoms with Crippen LogP contribution in [0.1, 0.15) is 18.9 Å². The first-order valence-corrected chi connectivity index (χ1v) is 7.97. The number of imide groups is 1. The molecular formula is C16H19F3N4O2. The molecule has 3 rings (SSSR count). The van der Waals surface area contributed by atoms with Crippen LogP contribution >= 0.6 is 0 Å². The van der Waals surface area contributed by atoms with Crippen LogP contribution in [0.5, 0.6) is 0 Å². The van der Waals surface area contributed by atoms with Crippen LogP contribution in [0, 0.1) is 5.92 Å². The lowest BCUT2D eigenvalue weighted by atomic mass is 9.80. The smallest absolute Gasteiger partial charge is 0.321 e. The molecule has 0 aliphatic carbocycles. The Morgan fingerprint density at radius 1 is 1.24 bits per heavy atom. The zero-order chi connectivity index (χ0) is 18.4. The largest absolute Gasteiger partial charge is 0.416 e. The minimum atomic E-state index is -4.47. The first-order chi connectivity index (χ1) is 11.7. The molecule has 3 amide bonds. The number of urea groups is 1. The van der Waals surface area contributed by atoms with Gasteiger partial charge in [-0.05, 0) is 30.7 Å². The van der Waals surface area contributed by atoms with Gasteiger partial charge in [0, 0.05) is 26.1 Å². The van der Waals surface area contributed by atoms with E-state index in [2.05, 4.69) is 10.7 Å². The maximum absolute atomic E-state index is 13.1. The Bertz CT molecular complexity index is 692. The van der Waals surface area contributed by atoms with Gasteiger partial charge in [0.05, 0.1) is 11.3 Å². The standard InChI is InChI=1S/C16H19F3N4O2/c1-3-10-8-20-22(2)9-15(10)13(24)23(14(25)21-15)12-6-4-11(5-7-12)16(17,18)19/h4-7,10,20H,3,8-9H2,1-2H3,(H,21,25). The van der Waals surface area contributed by atoms with Crippen molar-refractivity contribution in [3.8, 4) is 0 Å². The van der Waals surface area contributed by atoms with Crippen molar-refractivity contribution in [1.29, 1.82) is 0 Å². The molecule has 0 aromatic heterocycles. The summed E-state index contributed by atoms with van der Waals surface area (Å²) in [6.07, 6.45) is -3.80. The van der Waals surface area contributed by atoms with E-state index in [9.17, 15) is 22.8 Å². The Morgan fingerprint density at radius 2 is 1.88 bits per heavy atom. The third-order valence-corrected chi connectivity index (χ3v) is 4.85. The number of nitrogens with zero attached hydrogens (tertiary/aromatic N) is 2. The van der Waals surface area contributed by atoms with Crippen LogP contribution in [0.4, 0.5) is 23.7 Å². The fraction of sp³-hybridized carbons (Fsp3) is 0.500. The molecule has 2 heterocycles. The fourth-order valence-electron chi connectivity index (χ4n) is 3.50. The number of likely N-dealkylation sites (N-methyl/N-ethyl adjacent to an activating group) is 1. The lowest BCUT2D eigenvalue weighted by Gasteiger charge is -2.43. The number of carbonyl (C=O) groups is 2. The van der Waals surface area contributed by atoms with E-state index in [4.69, 9.17) is 0 Å². The van der Waals surface area contributed by atoms with Crippen LogP contribution < -0.4 is 15.6 Å². The quantitative estimate of drug-likeness (QED) is 0.796. The van der Waals surface area contributed by atoms with Crippen molar-refractivity contribution in [3.05, 3.63) is 29.8 Å². The highest BCUT2D eigenvalue weighted by atomic mass is 19.4. The van der Waals surface area contributed by atoms with E-state index in [1.54, 1.807) is 12.1 Å². The summed E-state index contributed by atoms with van der Waals surface area (Å²) in [5, 5.41) is 4.51. The van der Waals surface area contributed by atoms with Gasteiger partial charge in [-0.25, -0.2) is 14.7 Å². The van der Waals surface area contributed by atoms with Gasteiger partial charge in [0.25, 0.3) is 5.91 Å². The molecule has 2 aliphatic rings. The zero-order valence-corrected chi connectivity index (χ0v) is 13.9. The Morgan fingerprint density at radius 3 is 2.44 bits per heavy atom. The Hall–Kier alpha value is -2.13. The van der Waals surface area contributed by atoms with Crippen LogP contribution in [0.2, 0.25) is 0 Å². The molecule has 6 nitrogen and oxygen atoms in total. The Balaban J connectivity index is 1.93. The van der Waals surface area contributed by atoms with Gasteiger partial charge in [-0.15, -0.1) is 0 Å². The summed E-state index contributed by atoms with van der Waals surface area (Å²) in [6.45, 7) is 2.74. The molecule has 0 saturated carbocycles. The van der Waals surface area contributed by atoms with Crippen molar-refractivity contribution < 1.29 is 22.8 Å². The Labute approximate surface area is 142 Å². The number of carbonyl (C=O) groups excluding carboxylic acids is 2. The number of anilines is 1. The van der Waals surface area contributed by atoms with Gasteiger partial charge in [-0.2, -0.15) is 13.2 Å². The van der Waals surface area contributed by atoms with Crippen LogP contribution in [-0.4, -0.2) is 42.6 Å². The van der Waals surface area contributed by atoms with E-state index in [0.29, 0.717) is 13.0 Å². The van der Waals surface area contributed by atoms with Crippen molar-refractivity contribution >= 4 is 17.6 Å². The highest BCUT2D eigenvalue weighted by Gasteiger charge is 2.57. The molecule has 25 heavy (non-hydrogen) atoms. The average Bonchev–Trinajstić information content (AvgIpc) is 2.77. The lowest BCUT2D eigenvalue weighted by molar-refractivity contribution is -0.137. The normalized spacial score (nSPS) is 27.9. The highest BCUT2D eigenvalue weighted by molar-refractivity contribution is 6.23. The van der Waals surface area contributed by atoms with E-state index in [-0.39, 0.29) is 18.2 Å². The summed E-state index contributed by atoms with van der Waals surface area (Å²) in [5.74, 6) is -0.544. The van der Waals surface area contributed by atoms with Crippen molar-refractivity contribution in [3.63, 3.8) is 0 Å². The molecule has 2 saturated heterocycles. The van der Waals surface area contributed by atoms with Gasteiger partial charge in [0.2, 0.25) is 0 Å². The minimum absolute atomic E-state index is 0.111. The summed E-state index contributed by atoms with van der Waals surface area (Å²) in [4.78, 5) is 26.4. The SMILES string of the molecule is CCC1CNN(C)CC12NC(=O)N(c1ccc(C(F)(F)F)cc1)C2=O. The van der Waals surface area contributed by atoms with E-state index < -0.39 is 29.2 Å². The topological polar surface area (TPSA) is 64.7 Å². The molecule has 2 atom stereocenters. The second kappa shape index (κ2) is 5.99. The molecule has 1 aromatic rings. The molecule has 1 spiro atoms. The summed E-state index contributed by atoms with van der Waals surface area (Å²) < 4.78 is 38.1. The van der Waals surface area contributed by atoms with Gasteiger partial charge >= 0.3 is 12.2 Å². The molecule has 0 bridgehead atoms. The van der Waals surface area contributed by atoms with Gasteiger partial charge in [-0.1, -0.05) is 6.92 Å². The first-order valence-electron chi connectivity index (χ1n) is 7.97. The molecule has 2 fully saturated rings. The predicted octanol–water partition coefficient (Wildman–Crippen LogP) is 1.98. The van der Waals surface area contributed by atoms with Crippen LogP contribution in [0.25, 0.3) is 0 Å². The summed E-state index contributed by atoms with van der Waals surface area (Å²) in [7, 11) is 1.77. The summed E-state index contributed by atoms with van der Waals surface area (Å²) >= 11 is 0. The minimum Gasteiger partial charge on any atom is -0.321 e. The highest BCUT2D eigenvalue weighted by Crippen LogP contribution is 2.35. The maximum atomic E-state index is 13.1. The second-order valence-corrected chi connectivity index (χ2v) is 6.41.